The van der Waals surface area contributed by atoms with E-state index in [2.05, 4.69) is 10.2 Å². The first-order valence-corrected chi connectivity index (χ1v) is 7.07. The highest BCUT2D eigenvalue weighted by atomic mass is 35.5. The van der Waals surface area contributed by atoms with E-state index in [0.29, 0.717) is 22.8 Å². The average Bonchev–Trinajstić information content (AvgIpc) is 3.13. The summed E-state index contributed by atoms with van der Waals surface area (Å²) >= 11 is 6.13. The number of nitrogens with one attached hydrogen (secondary N) is 1. The standard InChI is InChI=1S/C14H18ClFN2/c15-12-4-1-5-13(16)14(12)18-8-2-3-11(9-18)17-10-6-7-10/h1,4-5,10-11,17H,2-3,6-9H2. The van der Waals surface area contributed by atoms with Crippen molar-refractivity contribution in [3.63, 3.8) is 0 Å². The van der Waals surface area contributed by atoms with Crippen molar-refractivity contribution in [2.75, 3.05) is 18.0 Å². The number of halogens is 2. The number of para-hydroxylation sites is 1. The lowest BCUT2D eigenvalue weighted by molar-refractivity contribution is 0.417. The van der Waals surface area contributed by atoms with Crippen molar-refractivity contribution < 1.29 is 4.39 Å². The second kappa shape index (κ2) is 5.06. The van der Waals surface area contributed by atoms with Crippen LogP contribution in [0.5, 0.6) is 0 Å². The Kier molecular flexibility index (Phi) is 3.44. The van der Waals surface area contributed by atoms with Gasteiger partial charge in [0.25, 0.3) is 0 Å². The molecule has 3 rings (SSSR count). The number of benzene rings is 1. The normalized spacial score (nSPS) is 24.3. The van der Waals surface area contributed by atoms with Gasteiger partial charge in [0.1, 0.15) is 5.82 Å². The van der Waals surface area contributed by atoms with E-state index < -0.39 is 0 Å². The van der Waals surface area contributed by atoms with Gasteiger partial charge in [0, 0.05) is 25.2 Å². The second-order valence-electron chi connectivity index (χ2n) is 5.30. The first kappa shape index (κ1) is 12.2. The van der Waals surface area contributed by atoms with Crippen LogP contribution < -0.4 is 10.2 Å². The SMILES string of the molecule is Fc1cccc(Cl)c1N1CCCC(NC2CC2)C1. The van der Waals surface area contributed by atoms with Gasteiger partial charge in [-0.2, -0.15) is 0 Å². The molecule has 0 aromatic heterocycles. The molecule has 2 fully saturated rings. The van der Waals surface area contributed by atoms with Crippen LogP contribution in [0, 0.1) is 5.82 Å². The van der Waals surface area contributed by atoms with E-state index in [1.165, 1.54) is 25.3 Å². The van der Waals surface area contributed by atoms with Crippen LogP contribution in [0.25, 0.3) is 0 Å². The zero-order valence-corrected chi connectivity index (χ0v) is 11.1. The summed E-state index contributed by atoms with van der Waals surface area (Å²) in [5.74, 6) is -0.213. The maximum atomic E-state index is 13.9. The Morgan fingerprint density at radius 2 is 2.06 bits per heavy atom. The first-order valence-electron chi connectivity index (χ1n) is 6.69. The number of piperidine rings is 1. The van der Waals surface area contributed by atoms with Gasteiger partial charge in [0.15, 0.2) is 0 Å². The minimum Gasteiger partial charge on any atom is -0.366 e. The average molecular weight is 269 g/mol. The molecule has 2 aliphatic rings. The zero-order valence-electron chi connectivity index (χ0n) is 10.3. The molecule has 98 valence electrons. The second-order valence-corrected chi connectivity index (χ2v) is 5.70. The molecular weight excluding hydrogens is 251 g/mol. The van der Waals surface area contributed by atoms with Gasteiger partial charge in [-0.3, -0.25) is 0 Å². The molecule has 1 aliphatic heterocycles. The highest BCUT2D eigenvalue weighted by molar-refractivity contribution is 6.33. The number of rotatable bonds is 3. The van der Waals surface area contributed by atoms with E-state index in [4.69, 9.17) is 11.6 Å². The van der Waals surface area contributed by atoms with E-state index in [1.54, 1.807) is 12.1 Å². The quantitative estimate of drug-likeness (QED) is 0.906. The number of nitrogens with zero attached hydrogens (tertiary/aromatic N) is 1. The van der Waals surface area contributed by atoms with Gasteiger partial charge in [0.2, 0.25) is 0 Å². The van der Waals surface area contributed by atoms with Crippen molar-refractivity contribution in [1.82, 2.24) is 5.32 Å². The predicted molar refractivity (Wildman–Crippen MR) is 72.8 cm³/mol. The maximum Gasteiger partial charge on any atom is 0.148 e. The van der Waals surface area contributed by atoms with Crippen LogP contribution in [-0.4, -0.2) is 25.2 Å². The van der Waals surface area contributed by atoms with Gasteiger partial charge in [-0.1, -0.05) is 17.7 Å². The van der Waals surface area contributed by atoms with E-state index in [9.17, 15) is 4.39 Å². The number of hydrogen-bond donors (Lipinski definition) is 1. The van der Waals surface area contributed by atoms with Gasteiger partial charge in [0.05, 0.1) is 10.7 Å². The fraction of sp³-hybridized carbons (Fsp3) is 0.571. The molecule has 4 heteroatoms. The molecule has 1 saturated heterocycles. The van der Waals surface area contributed by atoms with Crippen molar-refractivity contribution >= 4 is 17.3 Å². The Morgan fingerprint density at radius 3 is 2.78 bits per heavy atom. The minimum absolute atomic E-state index is 0.213. The smallest absolute Gasteiger partial charge is 0.148 e. The first-order chi connectivity index (χ1) is 8.74. The Bertz CT molecular complexity index is 414. The molecule has 2 nitrogen and oxygen atoms in total. The largest absolute Gasteiger partial charge is 0.366 e. The molecule has 1 aromatic carbocycles. The highest BCUT2D eigenvalue weighted by Crippen LogP contribution is 2.31. The van der Waals surface area contributed by atoms with Crippen LogP contribution in [0.3, 0.4) is 0 Å². The molecule has 0 bridgehead atoms. The van der Waals surface area contributed by atoms with Crippen LogP contribution in [-0.2, 0) is 0 Å². The molecule has 1 heterocycles. The van der Waals surface area contributed by atoms with Crippen LogP contribution in [0.15, 0.2) is 18.2 Å². The van der Waals surface area contributed by atoms with Gasteiger partial charge in [-0.15, -0.1) is 0 Å². The minimum atomic E-state index is -0.213. The summed E-state index contributed by atoms with van der Waals surface area (Å²) < 4.78 is 13.9. The Morgan fingerprint density at radius 1 is 1.22 bits per heavy atom. The van der Waals surface area contributed by atoms with Crippen molar-refractivity contribution in [3.8, 4) is 0 Å². The van der Waals surface area contributed by atoms with Gasteiger partial charge >= 0.3 is 0 Å². The van der Waals surface area contributed by atoms with E-state index >= 15 is 0 Å². The molecule has 1 atom stereocenters. The zero-order chi connectivity index (χ0) is 12.5. The van der Waals surface area contributed by atoms with Crippen LogP contribution >= 0.6 is 11.6 Å². The van der Waals surface area contributed by atoms with Crippen LogP contribution in [0.1, 0.15) is 25.7 Å². The molecule has 0 spiro atoms. The van der Waals surface area contributed by atoms with E-state index in [1.807, 2.05) is 0 Å². The molecule has 1 saturated carbocycles. The third kappa shape index (κ3) is 2.62. The molecular formula is C14H18ClFN2. The van der Waals surface area contributed by atoms with Gasteiger partial charge in [-0.05, 0) is 37.8 Å². The summed E-state index contributed by atoms with van der Waals surface area (Å²) in [4.78, 5) is 2.08. The highest BCUT2D eigenvalue weighted by Gasteiger charge is 2.28. The molecule has 18 heavy (non-hydrogen) atoms. The predicted octanol–water partition coefficient (Wildman–Crippen LogP) is 3.20. The Balaban J connectivity index is 1.74. The summed E-state index contributed by atoms with van der Waals surface area (Å²) in [7, 11) is 0. The maximum absolute atomic E-state index is 13.9. The summed E-state index contributed by atoms with van der Waals surface area (Å²) in [6, 6.07) is 6.08. The lowest BCUT2D eigenvalue weighted by Gasteiger charge is -2.35. The number of anilines is 1. The van der Waals surface area contributed by atoms with Gasteiger partial charge in [-0.25, -0.2) is 4.39 Å². The molecule has 0 amide bonds. The molecule has 1 unspecified atom stereocenters. The van der Waals surface area contributed by atoms with Crippen molar-refractivity contribution in [1.29, 1.82) is 0 Å². The summed E-state index contributed by atoms with van der Waals surface area (Å²) in [6.45, 7) is 1.75. The Labute approximate surface area is 112 Å². The van der Waals surface area contributed by atoms with E-state index in [-0.39, 0.29) is 5.82 Å². The summed E-state index contributed by atoms with van der Waals surface area (Å²) in [5.41, 5.74) is 0.571. The van der Waals surface area contributed by atoms with Crippen LogP contribution in [0.2, 0.25) is 5.02 Å². The third-order valence-corrected chi connectivity index (χ3v) is 4.03. The van der Waals surface area contributed by atoms with Crippen molar-refractivity contribution in [3.05, 3.63) is 29.0 Å². The lowest BCUT2D eigenvalue weighted by Crippen LogP contribution is -2.46. The molecule has 0 radical (unpaired) electrons. The van der Waals surface area contributed by atoms with E-state index in [0.717, 1.165) is 19.5 Å². The lowest BCUT2D eigenvalue weighted by atomic mass is 10.0. The molecule has 1 aliphatic carbocycles. The third-order valence-electron chi connectivity index (χ3n) is 3.72. The Hall–Kier alpha value is -0.800. The van der Waals surface area contributed by atoms with Crippen LogP contribution in [0.4, 0.5) is 10.1 Å². The topological polar surface area (TPSA) is 15.3 Å². The monoisotopic (exact) mass is 268 g/mol. The number of hydrogen-bond acceptors (Lipinski definition) is 2. The summed E-state index contributed by atoms with van der Waals surface area (Å²) in [6.07, 6.45) is 4.85. The molecule has 1 aromatic rings. The van der Waals surface area contributed by atoms with Crippen molar-refractivity contribution in [2.24, 2.45) is 0 Å². The fourth-order valence-electron chi connectivity index (χ4n) is 2.69. The fourth-order valence-corrected chi connectivity index (χ4v) is 2.97. The summed E-state index contributed by atoms with van der Waals surface area (Å²) in [5, 5.41) is 4.14. The van der Waals surface area contributed by atoms with Gasteiger partial charge < -0.3 is 10.2 Å². The van der Waals surface area contributed by atoms with Crippen molar-refractivity contribution in [2.45, 2.75) is 37.8 Å². The molecule has 1 N–H and O–H groups in total.